The highest BCUT2D eigenvalue weighted by molar-refractivity contribution is 5.47. The van der Waals surface area contributed by atoms with Gasteiger partial charge in [0.1, 0.15) is 17.2 Å². The minimum absolute atomic E-state index is 0.448. The molecule has 0 amide bonds. The fraction of sp³-hybridized carbons (Fsp3) is 0.176. The van der Waals surface area contributed by atoms with Crippen molar-refractivity contribution in [2.45, 2.75) is 0 Å². The second kappa shape index (κ2) is 6.11. The summed E-state index contributed by atoms with van der Waals surface area (Å²) in [6.07, 6.45) is 0. The average Bonchev–Trinajstić information content (AvgIpc) is 2.85. The lowest BCUT2D eigenvalue weighted by Gasteiger charge is -2.13. The summed E-state index contributed by atoms with van der Waals surface area (Å²) in [6.45, 7) is 0. The zero-order chi connectivity index (χ0) is 17.3. The van der Waals surface area contributed by atoms with Gasteiger partial charge in [0.25, 0.3) is 0 Å². The van der Waals surface area contributed by atoms with Gasteiger partial charge in [-0.2, -0.15) is 9.36 Å². The Morgan fingerprint density at radius 3 is 2.04 bits per heavy atom. The molecule has 3 rings (SSSR count). The fourth-order valence-corrected chi connectivity index (χ4v) is 2.50. The quantitative estimate of drug-likeness (QED) is 0.725. The Morgan fingerprint density at radius 1 is 0.792 bits per heavy atom. The molecular weight excluding hydrogens is 310 g/mol. The first kappa shape index (κ1) is 15.7. The molecule has 0 fully saturated rings. The summed E-state index contributed by atoms with van der Waals surface area (Å²) < 4.78 is 14.1. The van der Waals surface area contributed by atoms with E-state index in [1.807, 2.05) is 0 Å². The lowest BCUT2D eigenvalue weighted by atomic mass is 10.3. The molecule has 2 aromatic carbocycles. The van der Waals surface area contributed by atoms with Gasteiger partial charge in [-0.3, -0.25) is 0 Å². The topological polar surface area (TPSA) is 67.4 Å². The molecule has 0 aliphatic rings. The van der Waals surface area contributed by atoms with Crippen molar-refractivity contribution in [3.05, 3.63) is 69.5 Å². The van der Waals surface area contributed by atoms with Crippen molar-refractivity contribution in [2.75, 3.05) is 14.2 Å². The third-order valence-electron chi connectivity index (χ3n) is 3.77. The lowest BCUT2D eigenvalue weighted by Crippen LogP contribution is -2.25. The largest absolute Gasteiger partial charge is 0.497 e. The second-order valence-corrected chi connectivity index (χ2v) is 5.12. The number of para-hydroxylation sites is 2. The molecule has 0 radical (unpaired) electrons. The molecule has 24 heavy (non-hydrogen) atoms. The molecule has 0 saturated carbocycles. The van der Waals surface area contributed by atoms with Crippen molar-refractivity contribution in [3.8, 4) is 22.9 Å². The van der Waals surface area contributed by atoms with Crippen molar-refractivity contribution in [2.24, 2.45) is 7.05 Å². The van der Waals surface area contributed by atoms with Crippen molar-refractivity contribution in [1.29, 1.82) is 0 Å². The Bertz CT molecular complexity index is 980. The minimum Gasteiger partial charge on any atom is -0.497 e. The van der Waals surface area contributed by atoms with Gasteiger partial charge in [0.05, 0.1) is 19.9 Å². The van der Waals surface area contributed by atoms with Crippen molar-refractivity contribution in [3.63, 3.8) is 0 Å². The molecule has 7 nitrogen and oxygen atoms in total. The molecule has 0 atom stereocenters. The van der Waals surface area contributed by atoms with Crippen LogP contribution in [0, 0.1) is 0 Å². The van der Waals surface area contributed by atoms with Crippen LogP contribution in [0.4, 0.5) is 0 Å². The number of benzene rings is 2. The summed E-state index contributed by atoms with van der Waals surface area (Å²) in [5, 5.41) is 0. The SMILES string of the molecule is COc1ccc(-n2c(=O)n(C)c(=O)n2-c2ccccc2OC)cc1. The van der Waals surface area contributed by atoms with Crippen molar-refractivity contribution < 1.29 is 9.47 Å². The minimum atomic E-state index is -0.458. The number of ether oxygens (including phenoxy) is 2. The van der Waals surface area contributed by atoms with Crippen LogP contribution < -0.4 is 20.9 Å². The second-order valence-electron chi connectivity index (χ2n) is 5.12. The van der Waals surface area contributed by atoms with Crippen LogP contribution in [0.25, 0.3) is 11.4 Å². The van der Waals surface area contributed by atoms with Crippen LogP contribution in [0.3, 0.4) is 0 Å². The first-order valence-corrected chi connectivity index (χ1v) is 7.27. The fourth-order valence-electron chi connectivity index (χ4n) is 2.50. The Morgan fingerprint density at radius 2 is 1.42 bits per heavy atom. The molecule has 0 N–H and O–H groups in total. The Balaban J connectivity index is 2.33. The molecule has 7 heteroatoms. The summed E-state index contributed by atoms with van der Waals surface area (Å²) in [5.74, 6) is 1.15. The van der Waals surface area contributed by atoms with E-state index in [9.17, 15) is 9.59 Å². The molecule has 0 spiro atoms. The van der Waals surface area contributed by atoms with Gasteiger partial charge in [0, 0.05) is 7.05 Å². The molecule has 0 bridgehead atoms. The standard InChI is InChI=1S/C17H17N3O4/c1-18-16(21)19(12-8-10-13(23-2)11-9-12)20(17(18)22)14-6-4-5-7-15(14)24-3/h4-11H,1-3H3. The lowest BCUT2D eigenvalue weighted by molar-refractivity contribution is 0.409. The van der Waals surface area contributed by atoms with Crippen LogP contribution in [0.5, 0.6) is 11.5 Å². The first-order chi connectivity index (χ1) is 11.6. The smallest absolute Gasteiger partial charge is 0.352 e. The number of aromatic nitrogens is 3. The summed E-state index contributed by atoms with van der Waals surface area (Å²) in [6, 6.07) is 13.9. The highest BCUT2D eigenvalue weighted by Crippen LogP contribution is 2.22. The maximum Gasteiger partial charge on any atom is 0.352 e. The van der Waals surface area contributed by atoms with Gasteiger partial charge in [-0.1, -0.05) is 12.1 Å². The molecule has 3 aromatic rings. The number of hydrogen-bond donors (Lipinski definition) is 0. The van der Waals surface area contributed by atoms with E-state index in [0.29, 0.717) is 22.9 Å². The Kier molecular flexibility index (Phi) is 3.99. The van der Waals surface area contributed by atoms with Crippen molar-refractivity contribution >= 4 is 0 Å². The van der Waals surface area contributed by atoms with Gasteiger partial charge in [0.15, 0.2) is 0 Å². The molecule has 0 unspecified atom stereocenters. The highest BCUT2D eigenvalue weighted by atomic mass is 16.5. The number of nitrogens with zero attached hydrogens (tertiary/aromatic N) is 3. The van der Waals surface area contributed by atoms with E-state index < -0.39 is 11.4 Å². The zero-order valence-corrected chi connectivity index (χ0v) is 13.6. The van der Waals surface area contributed by atoms with Gasteiger partial charge in [-0.15, -0.1) is 0 Å². The van der Waals surface area contributed by atoms with E-state index in [1.54, 1.807) is 55.6 Å². The van der Waals surface area contributed by atoms with Crippen molar-refractivity contribution in [1.82, 2.24) is 13.9 Å². The zero-order valence-electron chi connectivity index (χ0n) is 13.6. The molecule has 1 heterocycles. The third kappa shape index (κ3) is 2.40. The normalized spacial score (nSPS) is 10.6. The molecule has 124 valence electrons. The van der Waals surface area contributed by atoms with Gasteiger partial charge < -0.3 is 9.47 Å². The van der Waals surface area contributed by atoms with Crippen LogP contribution >= 0.6 is 0 Å². The van der Waals surface area contributed by atoms with E-state index in [2.05, 4.69) is 0 Å². The number of methoxy groups -OCH3 is 2. The van der Waals surface area contributed by atoms with Crippen LogP contribution in [0.2, 0.25) is 0 Å². The van der Waals surface area contributed by atoms with Gasteiger partial charge in [0.2, 0.25) is 0 Å². The van der Waals surface area contributed by atoms with Crippen LogP contribution in [0.1, 0.15) is 0 Å². The molecule has 1 aromatic heterocycles. The molecule has 0 saturated heterocycles. The first-order valence-electron chi connectivity index (χ1n) is 7.27. The Hall–Kier alpha value is -3.22. The van der Waals surface area contributed by atoms with E-state index in [-0.39, 0.29) is 0 Å². The number of rotatable bonds is 4. The average molecular weight is 327 g/mol. The summed E-state index contributed by atoms with van der Waals surface area (Å²) >= 11 is 0. The summed E-state index contributed by atoms with van der Waals surface area (Å²) in [4.78, 5) is 25.2. The van der Waals surface area contributed by atoms with Gasteiger partial charge in [-0.05, 0) is 36.4 Å². The van der Waals surface area contributed by atoms with Gasteiger partial charge in [-0.25, -0.2) is 14.2 Å². The molecule has 0 aliphatic heterocycles. The third-order valence-corrected chi connectivity index (χ3v) is 3.77. The van der Waals surface area contributed by atoms with Crippen LogP contribution in [-0.2, 0) is 7.05 Å². The monoisotopic (exact) mass is 327 g/mol. The summed E-state index contributed by atoms with van der Waals surface area (Å²) in [5.41, 5.74) is 0.124. The Labute approximate surface area is 137 Å². The van der Waals surface area contributed by atoms with Crippen LogP contribution in [0.15, 0.2) is 58.1 Å². The maximum atomic E-state index is 12.6. The van der Waals surface area contributed by atoms with E-state index >= 15 is 0 Å². The van der Waals surface area contributed by atoms with E-state index in [4.69, 9.17) is 9.47 Å². The predicted octanol–water partition coefficient (Wildman–Crippen LogP) is 1.34. The predicted molar refractivity (Wildman–Crippen MR) is 89.7 cm³/mol. The maximum absolute atomic E-state index is 12.6. The molecular formula is C17H17N3O4. The summed E-state index contributed by atoms with van der Waals surface area (Å²) in [7, 11) is 4.52. The van der Waals surface area contributed by atoms with E-state index in [0.717, 1.165) is 4.57 Å². The van der Waals surface area contributed by atoms with Crippen LogP contribution in [-0.4, -0.2) is 28.2 Å². The van der Waals surface area contributed by atoms with E-state index in [1.165, 1.54) is 23.5 Å². The van der Waals surface area contributed by atoms with Gasteiger partial charge >= 0.3 is 11.4 Å². The number of hydrogen-bond acceptors (Lipinski definition) is 4. The highest BCUT2D eigenvalue weighted by Gasteiger charge is 2.18. The molecule has 0 aliphatic carbocycles.